The van der Waals surface area contributed by atoms with Crippen LogP contribution in [0.4, 0.5) is 32.2 Å². The summed E-state index contributed by atoms with van der Waals surface area (Å²) in [6.45, 7) is 0. The molecule has 2 aromatic rings. The third-order valence-electron chi connectivity index (χ3n) is 2.46. The summed E-state index contributed by atoms with van der Waals surface area (Å²) in [4.78, 5) is 3.50. The second-order valence-corrected chi connectivity index (χ2v) is 3.91. The summed E-state index contributed by atoms with van der Waals surface area (Å²) in [6.07, 6.45) is -4.72. The van der Waals surface area contributed by atoms with Crippen molar-refractivity contribution in [1.82, 2.24) is 4.98 Å². The molecule has 1 aromatic carbocycles. The van der Waals surface area contributed by atoms with Crippen molar-refractivity contribution < 1.29 is 26.3 Å². The lowest BCUT2D eigenvalue weighted by Crippen LogP contribution is -2.08. The molecule has 1 aromatic heterocycles. The van der Waals surface area contributed by atoms with Crippen LogP contribution in [-0.4, -0.2) is 4.98 Å². The van der Waals surface area contributed by atoms with Crippen LogP contribution >= 0.6 is 0 Å². The molecule has 2 N–H and O–H groups in total. The van der Waals surface area contributed by atoms with Gasteiger partial charge < -0.3 is 5.73 Å². The minimum Gasteiger partial charge on any atom is -0.384 e. The molecular formula is C12H6F6N2. The zero-order valence-electron chi connectivity index (χ0n) is 9.60. The molecule has 1 heterocycles. The number of nitrogens with two attached hydrogens (primary N) is 1. The Morgan fingerprint density at radius 3 is 2.05 bits per heavy atom. The van der Waals surface area contributed by atoms with E-state index in [0.29, 0.717) is 18.2 Å². The van der Waals surface area contributed by atoms with E-state index in [1.165, 1.54) is 0 Å². The van der Waals surface area contributed by atoms with Gasteiger partial charge in [0.1, 0.15) is 11.6 Å². The van der Waals surface area contributed by atoms with Crippen LogP contribution in [0.1, 0.15) is 5.56 Å². The molecule has 8 heteroatoms. The number of hydrogen-bond donors (Lipinski definition) is 1. The molecule has 2 rings (SSSR count). The van der Waals surface area contributed by atoms with Gasteiger partial charge in [0.25, 0.3) is 0 Å². The second-order valence-electron chi connectivity index (χ2n) is 3.91. The summed E-state index contributed by atoms with van der Waals surface area (Å²) >= 11 is 0. The number of nitrogens with zero attached hydrogens (tertiary/aromatic N) is 1. The SMILES string of the molecule is Nc1cc(C(F)(F)F)cc(-c2cc(F)c(F)cc2F)n1. The normalized spacial score (nSPS) is 11.7. The Labute approximate surface area is 108 Å². The maximum atomic E-state index is 13.5. The fourth-order valence-electron chi connectivity index (χ4n) is 1.57. The standard InChI is InChI=1S/C12H6F6N2/c13-7-4-9(15)8(14)3-6(7)10-1-5(12(16,17)18)2-11(19)20-10/h1-4H,(H2,19,20). The van der Waals surface area contributed by atoms with Gasteiger partial charge in [0.05, 0.1) is 11.3 Å². The van der Waals surface area contributed by atoms with E-state index in [1.807, 2.05) is 0 Å². The summed E-state index contributed by atoms with van der Waals surface area (Å²) in [5.74, 6) is -4.61. The first-order valence-electron chi connectivity index (χ1n) is 5.18. The summed E-state index contributed by atoms with van der Waals surface area (Å²) in [6, 6.07) is 1.71. The first kappa shape index (κ1) is 14.2. The van der Waals surface area contributed by atoms with Crippen LogP contribution in [0.25, 0.3) is 11.3 Å². The molecule has 0 aliphatic rings. The van der Waals surface area contributed by atoms with Gasteiger partial charge in [-0.25, -0.2) is 18.2 Å². The summed E-state index contributed by atoms with van der Waals surface area (Å²) in [5.41, 5.74) is 2.90. The van der Waals surface area contributed by atoms with Crippen LogP contribution in [-0.2, 0) is 6.18 Å². The van der Waals surface area contributed by atoms with Gasteiger partial charge in [0.15, 0.2) is 11.6 Å². The van der Waals surface area contributed by atoms with Crippen molar-refractivity contribution in [3.8, 4) is 11.3 Å². The highest BCUT2D eigenvalue weighted by atomic mass is 19.4. The molecule has 0 fully saturated rings. The molecule has 0 atom stereocenters. The first-order chi connectivity index (χ1) is 9.18. The van der Waals surface area contributed by atoms with E-state index < -0.39 is 46.3 Å². The van der Waals surface area contributed by atoms with Gasteiger partial charge in [-0.1, -0.05) is 0 Å². The Morgan fingerprint density at radius 2 is 1.45 bits per heavy atom. The maximum Gasteiger partial charge on any atom is 0.416 e. The van der Waals surface area contributed by atoms with E-state index in [9.17, 15) is 26.3 Å². The lowest BCUT2D eigenvalue weighted by molar-refractivity contribution is -0.137. The van der Waals surface area contributed by atoms with Crippen LogP contribution in [0.5, 0.6) is 0 Å². The van der Waals surface area contributed by atoms with E-state index in [0.717, 1.165) is 0 Å². The van der Waals surface area contributed by atoms with Crippen molar-refractivity contribution in [2.45, 2.75) is 6.18 Å². The fourth-order valence-corrected chi connectivity index (χ4v) is 1.57. The lowest BCUT2D eigenvalue weighted by Gasteiger charge is -2.10. The Balaban J connectivity index is 2.64. The van der Waals surface area contributed by atoms with Crippen molar-refractivity contribution in [3.05, 3.63) is 47.3 Å². The number of benzene rings is 1. The molecule has 0 unspecified atom stereocenters. The minimum atomic E-state index is -4.72. The van der Waals surface area contributed by atoms with E-state index >= 15 is 0 Å². The van der Waals surface area contributed by atoms with E-state index in [2.05, 4.69) is 4.98 Å². The van der Waals surface area contributed by atoms with Crippen molar-refractivity contribution in [2.75, 3.05) is 5.73 Å². The lowest BCUT2D eigenvalue weighted by atomic mass is 10.1. The molecule has 106 valence electrons. The van der Waals surface area contributed by atoms with Gasteiger partial charge in [-0.3, -0.25) is 0 Å². The molecule has 0 aliphatic heterocycles. The topological polar surface area (TPSA) is 38.9 Å². The van der Waals surface area contributed by atoms with Crippen LogP contribution in [0.15, 0.2) is 24.3 Å². The third kappa shape index (κ3) is 2.68. The highest BCUT2D eigenvalue weighted by Crippen LogP contribution is 2.33. The van der Waals surface area contributed by atoms with Crippen molar-refractivity contribution in [2.24, 2.45) is 0 Å². The van der Waals surface area contributed by atoms with Crippen molar-refractivity contribution >= 4 is 5.82 Å². The van der Waals surface area contributed by atoms with Gasteiger partial charge in [0, 0.05) is 11.6 Å². The van der Waals surface area contributed by atoms with Crippen LogP contribution in [0.2, 0.25) is 0 Å². The van der Waals surface area contributed by atoms with Crippen LogP contribution in [0, 0.1) is 17.5 Å². The number of anilines is 1. The van der Waals surface area contributed by atoms with Crippen LogP contribution in [0.3, 0.4) is 0 Å². The zero-order valence-corrected chi connectivity index (χ0v) is 9.60. The smallest absolute Gasteiger partial charge is 0.384 e. The molecule has 0 radical (unpaired) electrons. The first-order valence-corrected chi connectivity index (χ1v) is 5.18. The molecule has 0 saturated carbocycles. The number of nitrogen functional groups attached to an aromatic ring is 1. The second kappa shape index (κ2) is 4.69. The molecular weight excluding hydrogens is 286 g/mol. The van der Waals surface area contributed by atoms with E-state index in [4.69, 9.17) is 5.73 Å². The molecule has 0 amide bonds. The molecule has 2 nitrogen and oxygen atoms in total. The average Bonchev–Trinajstić information content (AvgIpc) is 2.32. The number of alkyl halides is 3. The highest BCUT2D eigenvalue weighted by molar-refractivity contribution is 5.63. The average molecular weight is 292 g/mol. The Morgan fingerprint density at radius 1 is 0.850 bits per heavy atom. The van der Waals surface area contributed by atoms with E-state index in [1.54, 1.807) is 0 Å². The molecule has 0 bridgehead atoms. The Kier molecular flexibility index (Phi) is 3.33. The number of rotatable bonds is 1. The number of hydrogen-bond acceptors (Lipinski definition) is 2. The largest absolute Gasteiger partial charge is 0.416 e. The van der Waals surface area contributed by atoms with Gasteiger partial charge >= 0.3 is 6.18 Å². The van der Waals surface area contributed by atoms with Gasteiger partial charge in [0.2, 0.25) is 0 Å². The Hall–Kier alpha value is -2.25. The predicted molar refractivity (Wildman–Crippen MR) is 59.0 cm³/mol. The van der Waals surface area contributed by atoms with Gasteiger partial charge in [-0.2, -0.15) is 13.2 Å². The molecule has 0 aliphatic carbocycles. The minimum absolute atomic E-state index is 0.225. The van der Waals surface area contributed by atoms with Gasteiger partial charge in [-0.15, -0.1) is 0 Å². The molecule has 0 spiro atoms. The Bertz CT molecular complexity index is 666. The molecule has 20 heavy (non-hydrogen) atoms. The zero-order chi connectivity index (χ0) is 15.1. The van der Waals surface area contributed by atoms with E-state index in [-0.39, 0.29) is 6.07 Å². The quantitative estimate of drug-likeness (QED) is 0.642. The molecule has 0 saturated heterocycles. The highest BCUT2D eigenvalue weighted by Gasteiger charge is 2.31. The number of aromatic nitrogens is 1. The maximum absolute atomic E-state index is 13.5. The van der Waals surface area contributed by atoms with Gasteiger partial charge in [-0.05, 0) is 18.2 Å². The van der Waals surface area contributed by atoms with Crippen molar-refractivity contribution in [3.63, 3.8) is 0 Å². The van der Waals surface area contributed by atoms with Crippen LogP contribution < -0.4 is 5.73 Å². The summed E-state index contributed by atoms with van der Waals surface area (Å²) in [5, 5.41) is 0. The number of pyridine rings is 1. The monoisotopic (exact) mass is 292 g/mol. The number of halogens is 6. The summed E-state index contributed by atoms with van der Waals surface area (Å²) < 4.78 is 77.1. The summed E-state index contributed by atoms with van der Waals surface area (Å²) in [7, 11) is 0. The van der Waals surface area contributed by atoms with Crippen molar-refractivity contribution in [1.29, 1.82) is 0 Å². The fraction of sp³-hybridized carbons (Fsp3) is 0.0833. The predicted octanol–water partition coefficient (Wildman–Crippen LogP) is 3.77. The third-order valence-corrected chi connectivity index (χ3v) is 2.46.